The van der Waals surface area contributed by atoms with Gasteiger partial charge in [0.25, 0.3) is 0 Å². The molecule has 2 rings (SSSR count). The highest BCUT2D eigenvalue weighted by molar-refractivity contribution is 5.85. The molecule has 0 saturated carbocycles. The van der Waals surface area contributed by atoms with Crippen LogP contribution in [0.2, 0.25) is 0 Å². The number of pyridine rings is 1. The van der Waals surface area contributed by atoms with E-state index in [9.17, 15) is 4.79 Å². The Morgan fingerprint density at radius 1 is 1.22 bits per heavy atom. The lowest BCUT2D eigenvalue weighted by molar-refractivity contribution is -0.0877. The number of hydrogen-bond donors (Lipinski definition) is 0. The Labute approximate surface area is 107 Å². The number of nitrogens with zero attached hydrogens (tertiary/aromatic N) is 1. The number of aromatic nitrogens is 1. The van der Waals surface area contributed by atoms with Crippen LogP contribution in [0.4, 0.5) is 0 Å². The molecule has 2 aromatic rings. The molecule has 0 aliphatic carbocycles. The molecule has 0 saturated heterocycles. The lowest BCUT2D eigenvalue weighted by Gasteiger charge is -2.03. The molecular formula is C14H17NO3. The van der Waals surface area contributed by atoms with Crippen LogP contribution in [0, 0.1) is 0 Å². The molecule has 0 unspecified atom stereocenters. The summed E-state index contributed by atoms with van der Waals surface area (Å²) in [6.07, 6.45) is 2.32. The number of para-hydroxylation sites is 1. The van der Waals surface area contributed by atoms with E-state index in [1.807, 2.05) is 37.3 Å². The van der Waals surface area contributed by atoms with Crippen LogP contribution in [0.25, 0.3) is 10.9 Å². The predicted molar refractivity (Wildman–Crippen MR) is 70.6 cm³/mol. The fraction of sp³-hybridized carbons (Fsp3) is 0.286. The monoisotopic (exact) mass is 247 g/mol. The van der Waals surface area contributed by atoms with Crippen molar-refractivity contribution in [2.45, 2.75) is 13.2 Å². The molecule has 1 heterocycles. The largest absolute Gasteiger partial charge is 0.356 e. The summed E-state index contributed by atoms with van der Waals surface area (Å²) < 4.78 is 9.35. The van der Waals surface area contributed by atoms with E-state index in [0.29, 0.717) is 5.56 Å². The summed E-state index contributed by atoms with van der Waals surface area (Å²) in [7, 11) is 3.21. The molecule has 1 aromatic heterocycles. The maximum atomic E-state index is 10.4. The van der Waals surface area contributed by atoms with Crippen molar-refractivity contribution < 1.29 is 14.3 Å². The van der Waals surface area contributed by atoms with Crippen molar-refractivity contribution in [2.75, 3.05) is 14.2 Å². The predicted octanol–water partition coefficient (Wildman–Crippen LogP) is 2.67. The number of hydrogen-bond acceptors (Lipinski definition) is 4. The van der Waals surface area contributed by atoms with Crippen LogP contribution >= 0.6 is 0 Å². The normalized spacial score (nSPS) is 10.0. The lowest BCUT2D eigenvalue weighted by atomic mass is 10.2. The molecule has 18 heavy (non-hydrogen) atoms. The van der Waals surface area contributed by atoms with Crippen molar-refractivity contribution in [1.29, 1.82) is 0 Å². The van der Waals surface area contributed by atoms with Crippen molar-refractivity contribution in [3.05, 3.63) is 42.1 Å². The lowest BCUT2D eigenvalue weighted by Crippen LogP contribution is -2.05. The Hall–Kier alpha value is -1.78. The summed E-state index contributed by atoms with van der Waals surface area (Å²) in [5.74, 6) is 0. The van der Waals surface area contributed by atoms with Gasteiger partial charge >= 0.3 is 0 Å². The second kappa shape index (κ2) is 7.53. The van der Waals surface area contributed by atoms with Gasteiger partial charge in [0.1, 0.15) is 0 Å². The second-order valence-corrected chi connectivity index (χ2v) is 3.62. The van der Waals surface area contributed by atoms with Gasteiger partial charge in [-0.1, -0.05) is 18.2 Å². The molecule has 0 bridgehead atoms. The van der Waals surface area contributed by atoms with E-state index < -0.39 is 0 Å². The highest BCUT2D eigenvalue weighted by Gasteiger charge is 1.94. The molecule has 4 heteroatoms. The smallest absolute Gasteiger partial charge is 0.154 e. The minimum Gasteiger partial charge on any atom is -0.356 e. The number of benzene rings is 1. The van der Waals surface area contributed by atoms with Crippen LogP contribution in [0.1, 0.15) is 17.3 Å². The number of fused-ring (bicyclic) bond motifs is 1. The number of aldehydes is 1. The van der Waals surface area contributed by atoms with E-state index in [4.69, 9.17) is 0 Å². The average molecular weight is 247 g/mol. The molecule has 0 aliphatic heterocycles. The van der Waals surface area contributed by atoms with Crippen LogP contribution in [0.15, 0.2) is 36.5 Å². The first-order valence-corrected chi connectivity index (χ1v) is 5.56. The molecule has 0 amide bonds. The van der Waals surface area contributed by atoms with Gasteiger partial charge in [-0.3, -0.25) is 9.78 Å². The minimum absolute atomic E-state index is 0.0648. The van der Waals surface area contributed by atoms with Gasteiger partial charge in [0, 0.05) is 31.4 Å². The fourth-order valence-electron chi connectivity index (χ4n) is 1.25. The fourth-order valence-corrected chi connectivity index (χ4v) is 1.25. The van der Waals surface area contributed by atoms with Gasteiger partial charge in [-0.05, 0) is 19.1 Å². The summed E-state index contributed by atoms with van der Waals surface area (Å²) in [6.45, 7) is 1.83. The third-order valence-electron chi connectivity index (χ3n) is 2.41. The van der Waals surface area contributed by atoms with Crippen LogP contribution in [0.5, 0.6) is 0 Å². The molecule has 1 aromatic carbocycles. The Morgan fingerprint density at radius 2 is 1.89 bits per heavy atom. The van der Waals surface area contributed by atoms with Crippen LogP contribution in [-0.4, -0.2) is 31.8 Å². The Morgan fingerprint density at radius 3 is 2.44 bits per heavy atom. The number of carbonyl (C=O) groups excluding carboxylic acids is 1. The topological polar surface area (TPSA) is 48.4 Å². The molecule has 96 valence electrons. The number of ether oxygens (including phenoxy) is 2. The first kappa shape index (κ1) is 14.3. The summed E-state index contributed by atoms with van der Waals surface area (Å²) in [6, 6.07) is 9.54. The van der Waals surface area contributed by atoms with Crippen molar-refractivity contribution >= 4 is 17.2 Å². The van der Waals surface area contributed by atoms with E-state index in [-0.39, 0.29) is 6.29 Å². The summed E-state index contributed by atoms with van der Waals surface area (Å²) in [5.41, 5.74) is 1.54. The number of carbonyl (C=O) groups is 1. The molecule has 0 atom stereocenters. The summed E-state index contributed by atoms with van der Waals surface area (Å²) >= 11 is 0. The van der Waals surface area contributed by atoms with Gasteiger partial charge in [0.15, 0.2) is 12.6 Å². The van der Waals surface area contributed by atoms with Gasteiger partial charge in [-0.15, -0.1) is 0 Å². The molecule has 0 aliphatic rings. The van der Waals surface area contributed by atoms with E-state index in [1.165, 1.54) is 0 Å². The molecule has 0 spiro atoms. The molecule has 0 N–H and O–H groups in total. The van der Waals surface area contributed by atoms with Crippen molar-refractivity contribution in [2.24, 2.45) is 0 Å². The van der Waals surface area contributed by atoms with Gasteiger partial charge in [-0.2, -0.15) is 0 Å². The second-order valence-electron chi connectivity index (χ2n) is 3.62. The van der Waals surface area contributed by atoms with E-state index in [2.05, 4.69) is 14.5 Å². The van der Waals surface area contributed by atoms with Gasteiger partial charge in [0.2, 0.25) is 0 Å². The number of methoxy groups -OCH3 is 2. The average Bonchev–Trinajstić information content (AvgIpc) is 2.46. The Kier molecular flexibility index (Phi) is 5.97. The van der Waals surface area contributed by atoms with Gasteiger partial charge in [0.05, 0.1) is 5.52 Å². The maximum absolute atomic E-state index is 10.4. The van der Waals surface area contributed by atoms with Crippen molar-refractivity contribution in [1.82, 2.24) is 4.98 Å². The zero-order valence-electron chi connectivity index (χ0n) is 10.8. The Balaban J connectivity index is 0.000000232. The first-order valence-electron chi connectivity index (χ1n) is 5.56. The highest BCUT2D eigenvalue weighted by Crippen LogP contribution is 2.10. The molecular weight excluding hydrogens is 230 g/mol. The molecule has 0 fully saturated rings. The van der Waals surface area contributed by atoms with E-state index >= 15 is 0 Å². The molecule has 0 radical (unpaired) electrons. The van der Waals surface area contributed by atoms with Gasteiger partial charge in [-0.25, -0.2) is 0 Å². The third-order valence-corrected chi connectivity index (χ3v) is 2.41. The van der Waals surface area contributed by atoms with E-state index in [1.54, 1.807) is 20.4 Å². The zero-order valence-corrected chi connectivity index (χ0v) is 10.8. The SMILES string of the molecule is COC(C)OC.O=Cc1cnc2ccccc2c1. The summed E-state index contributed by atoms with van der Waals surface area (Å²) in [5, 5.41) is 1.00. The standard InChI is InChI=1S/C10H7NO.C4H10O2/c12-7-8-5-9-3-1-2-4-10(9)11-6-8;1-4(5-2)6-3/h1-7H;4H,1-3H3. The zero-order chi connectivity index (χ0) is 13.4. The number of rotatable bonds is 3. The summed E-state index contributed by atoms with van der Waals surface area (Å²) in [4.78, 5) is 14.5. The maximum Gasteiger partial charge on any atom is 0.154 e. The van der Waals surface area contributed by atoms with Gasteiger partial charge < -0.3 is 9.47 Å². The molecule has 4 nitrogen and oxygen atoms in total. The first-order chi connectivity index (χ1) is 8.71. The highest BCUT2D eigenvalue weighted by atomic mass is 16.7. The quantitative estimate of drug-likeness (QED) is 0.618. The van der Waals surface area contributed by atoms with Crippen LogP contribution in [0.3, 0.4) is 0 Å². The third kappa shape index (κ3) is 4.24. The minimum atomic E-state index is -0.0648. The van der Waals surface area contributed by atoms with Crippen molar-refractivity contribution in [3.8, 4) is 0 Å². The van der Waals surface area contributed by atoms with E-state index in [0.717, 1.165) is 17.2 Å². The van der Waals surface area contributed by atoms with Crippen LogP contribution in [-0.2, 0) is 9.47 Å². The van der Waals surface area contributed by atoms with Crippen molar-refractivity contribution in [3.63, 3.8) is 0 Å². The Bertz CT molecular complexity index is 495. The van der Waals surface area contributed by atoms with Crippen LogP contribution < -0.4 is 0 Å².